The number of ether oxygens (including phenoxy) is 1. The van der Waals surface area contributed by atoms with Crippen molar-refractivity contribution in [3.63, 3.8) is 0 Å². The Kier molecular flexibility index (Phi) is 8.56. The average Bonchev–Trinajstić information content (AvgIpc) is 3.29. The smallest absolute Gasteiger partial charge is 0.148 e. The molecule has 1 aliphatic rings. The Hall–Kier alpha value is -1.12. The van der Waals surface area contributed by atoms with Crippen molar-refractivity contribution >= 4 is 11.6 Å². The molecule has 0 unspecified atom stereocenters. The molecule has 0 aromatic rings. The normalized spacial score (nSPS) is 28.4. The van der Waals surface area contributed by atoms with E-state index in [0.717, 1.165) is 0 Å². The van der Waals surface area contributed by atoms with E-state index >= 15 is 0 Å². The topological polar surface area (TPSA) is 128 Å². The third-order valence-electron chi connectivity index (χ3n) is 5.25. The van der Waals surface area contributed by atoms with Gasteiger partial charge in [0, 0.05) is 18.8 Å². The van der Waals surface area contributed by atoms with Crippen LogP contribution in [0, 0.1) is 17.8 Å². The fourth-order valence-electron chi connectivity index (χ4n) is 3.45. The summed E-state index contributed by atoms with van der Waals surface area (Å²) < 4.78 is 5.63. The predicted octanol–water partition coefficient (Wildman–Crippen LogP) is 0.233. The molecule has 1 aliphatic heterocycles. The van der Waals surface area contributed by atoms with Gasteiger partial charge in [-0.05, 0) is 13.8 Å². The Morgan fingerprint density at radius 2 is 1.77 bits per heavy atom. The van der Waals surface area contributed by atoms with Gasteiger partial charge in [0.2, 0.25) is 0 Å². The van der Waals surface area contributed by atoms with E-state index in [9.17, 15) is 30.0 Å². The van der Waals surface area contributed by atoms with Gasteiger partial charge in [-0.3, -0.25) is 9.59 Å². The predicted molar refractivity (Wildman–Crippen MR) is 95.3 cm³/mol. The van der Waals surface area contributed by atoms with Crippen LogP contribution in [-0.2, 0) is 14.3 Å². The zero-order valence-electron chi connectivity index (χ0n) is 16.0. The zero-order valence-corrected chi connectivity index (χ0v) is 16.0. The maximum Gasteiger partial charge on any atom is 0.148 e. The number of hydrogen-bond donors (Lipinski definition) is 4. The standard InChI is InChI=1S/C19H32O7/c1-5-7-11(3)18-19(4,26-18)17(25)14(10-21)16(24)13(9-20)15(23)8-12(22)6-2/h5,7,11,13-15,17-18,20-21,23,25H,6,8-10H2,1-4H3/b7-5-/t11-,13-,14-,15-,17-,18+,19+/m0/s1. The summed E-state index contributed by atoms with van der Waals surface area (Å²) in [5, 5.41) is 40.0. The molecule has 7 heteroatoms. The second-order valence-electron chi connectivity index (χ2n) is 7.20. The minimum Gasteiger partial charge on any atom is -0.396 e. The van der Waals surface area contributed by atoms with Gasteiger partial charge in [-0.2, -0.15) is 0 Å². The van der Waals surface area contributed by atoms with E-state index < -0.39 is 48.6 Å². The SMILES string of the molecule is C/C=C\[C@H](C)[C@H]1O[C@]1(C)[C@@H](O)[C@@H](CO)C(=O)[C@@H](CO)[C@@H](O)CC(=O)CC. The summed E-state index contributed by atoms with van der Waals surface area (Å²) in [6.07, 6.45) is 0.816. The molecule has 0 aliphatic carbocycles. The molecule has 1 rings (SSSR count). The molecule has 150 valence electrons. The van der Waals surface area contributed by atoms with Crippen LogP contribution in [0.2, 0.25) is 0 Å². The summed E-state index contributed by atoms with van der Waals surface area (Å²) >= 11 is 0. The molecule has 0 aromatic carbocycles. The molecule has 0 saturated carbocycles. The van der Waals surface area contributed by atoms with Crippen LogP contribution in [0.3, 0.4) is 0 Å². The first-order chi connectivity index (χ1) is 12.2. The van der Waals surface area contributed by atoms with E-state index in [0.29, 0.717) is 0 Å². The molecular formula is C19H32O7. The van der Waals surface area contributed by atoms with Gasteiger partial charge in [0.25, 0.3) is 0 Å². The molecule has 1 heterocycles. The number of aliphatic hydroxyl groups is 4. The van der Waals surface area contributed by atoms with E-state index in [1.54, 1.807) is 13.8 Å². The average molecular weight is 372 g/mol. The molecule has 1 saturated heterocycles. The third kappa shape index (κ3) is 4.98. The van der Waals surface area contributed by atoms with Crippen LogP contribution in [0.5, 0.6) is 0 Å². The lowest BCUT2D eigenvalue weighted by molar-refractivity contribution is -0.140. The summed E-state index contributed by atoms with van der Waals surface area (Å²) in [7, 11) is 0. The van der Waals surface area contributed by atoms with Gasteiger partial charge in [0.15, 0.2) is 0 Å². The number of epoxide rings is 1. The Morgan fingerprint density at radius 3 is 2.23 bits per heavy atom. The molecule has 1 fully saturated rings. The lowest BCUT2D eigenvalue weighted by atomic mass is 9.79. The lowest BCUT2D eigenvalue weighted by Crippen LogP contribution is -2.47. The maximum atomic E-state index is 12.7. The largest absolute Gasteiger partial charge is 0.396 e. The van der Waals surface area contributed by atoms with E-state index in [1.807, 2.05) is 26.0 Å². The van der Waals surface area contributed by atoms with Crippen molar-refractivity contribution in [3.05, 3.63) is 12.2 Å². The molecule has 26 heavy (non-hydrogen) atoms. The number of hydrogen-bond acceptors (Lipinski definition) is 7. The highest BCUT2D eigenvalue weighted by molar-refractivity contribution is 5.86. The van der Waals surface area contributed by atoms with E-state index in [4.69, 9.17) is 4.74 Å². The van der Waals surface area contributed by atoms with Crippen molar-refractivity contribution in [3.8, 4) is 0 Å². The number of rotatable bonds is 12. The van der Waals surface area contributed by atoms with Gasteiger partial charge in [0.1, 0.15) is 17.2 Å². The first kappa shape index (κ1) is 22.9. The first-order valence-electron chi connectivity index (χ1n) is 9.11. The number of carbonyl (C=O) groups is 2. The van der Waals surface area contributed by atoms with Crippen molar-refractivity contribution in [2.75, 3.05) is 13.2 Å². The van der Waals surface area contributed by atoms with Gasteiger partial charge >= 0.3 is 0 Å². The second kappa shape index (κ2) is 9.71. The summed E-state index contributed by atoms with van der Waals surface area (Å²) in [5.74, 6) is -3.34. The van der Waals surface area contributed by atoms with E-state index in [1.165, 1.54) is 0 Å². The molecule has 7 atom stereocenters. The summed E-state index contributed by atoms with van der Waals surface area (Å²) in [5.41, 5.74) is -0.994. The molecule has 0 aromatic heterocycles. The van der Waals surface area contributed by atoms with Crippen molar-refractivity contribution in [1.29, 1.82) is 0 Å². The van der Waals surface area contributed by atoms with E-state index in [-0.39, 0.29) is 30.6 Å². The quantitative estimate of drug-likeness (QED) is 0.285. The number of allylic oxidation sites excluding steroid dienone is 1. The van der Waals surface area contributed by atoms with Crippen LogP contribution >= 0.6 is 0 Å². The summed E-state index contributed by atoms with van der Waals surface area (Å²) in [6, 6.07) is 0. The summed E-state index contributed by atoms with van der Waals surface area (Å²) in [4.78, 5) is 24.2. The molecule has 0 radical (unpaired) electrons. The molecular weight excluding hydrogens is 340 g/mol. The van der Waals surface area contributed by atoms with Crippen molar-refractivity contribution in [2.45, 2.75) is 64.4 Å². The number of aliphatic hydroxyl groups excluding tert-OH is 4. The molecule has 4 N–H and O–H groups in total. The Balaban J connectivity index is 2.88. The fraction of sp³-hybridized carbons (Fsp3) is 0.789. The Bertz CT molecular complexity index is 518. The lowest BCUT2D eigenvalue weighted by Gasteiger charge is -2.28. The van der Waals surface area contributed by atoms with Gasteiger partial charge in [-0.25, -0.2) is 0 Å². The van der Waals surface area contributed by atoms with Gasteiger partial charge < -0.3 is 25.2 Å². The van der Waals surface area contributed by atoms with Gasteiger partial charge in [-0.1, -0.05) is 26.0 Å². The third-order valence-corrected chi connectivity index (χ3v) is 5.25. The van der Waals surface area contributed by atoms with Crippen LogP contribution < -0.4 is 0 Å². The van der Waals surface area contributed by atoms with Crippen LogP contribution in [-0.4, -0.2) is 69.1 Å². The highest BCUT2D eigenvalue weighted by atomic mass is 16.6. The van der Waals surface area contributed by atoms with Gasteiger partial charge in [-0.15, -0.1) is 0 Å². The summed E-state index contributed by atoms with van der Waals surface area (Å²) in [6.45, 7) is 5.79. The fourth-order valence-corrected chi connectivity index (χ4v) is 3.45. The van der Waals surface area contributed by atoms with Crippen molar-refractivity contribution in [1.82, 2.24) is 0 Å². The highest BCUT2D eigenvalue weighted by Gasteiger charge is 2.61. The number of carbonyl (C=O) groups excluding carboxylic acids is 2. The second-order valence-corrected chi connectivity index (χ2v) is 7.20. The monoisotopic (exact) mass is 372 g/mol. The van der Waals surface area contributed by atoms with E-state index in [2.05, 4.69) is 0 Å². The number of Topliss-reactive ketones (excluding diaryl/α,β-unsaturated/α-hetero) is 2. The zero-order chi connectivity index (χ0) is 20.1. The number of ketones is 2. The Labute approximate surface area is 154 Å². The van der Waals surface area contributed by atoms with Crippen molar-refractivity contribution in [2.24, 2.45) is 17.8 Å². The van der Waals surface area contributed by atoms with Crippen LogP contribution in [0.4, 0.5) is 0 Å². The molecule has 7 nitrogen and oxygen atoms in total. The van der Waals surface area contributed by atoms with Crippen LogP contribution in [0.25, 0.3) is 0 Å². The molecule has 0 amide bonds. The van der Waals surface area contributed by atoms with Crippen LogP contribution in [0.1, 0.15) is 40.5 Å². The Morgan fingerprint density at radius 1 is 1.19 bits per heavy atom. The molecule has 0 bridgehead atoms. The van der Waals surface area contributed by atoms with Gasteiger partial charge in [0.05, 0.1) is 43.4 Å². The van der Waals surface area contributed by atoms with Crippen LogP contribution in [0.15, 0.2) is 12.2 Å². The highest BCUT2D eigenvalue weighted by Crippen LogP contribution is 2.46. The first-order valence-corrected chi connectivity index (χ1v) is 9.11. The minimum absolute atomic E-state index is 0.0236. The molecule has 0 spiro atoms. The minimum atomic E-state index is -1.35. The van der Waals surface area contributed by atoms with Crippen molar-refractivity contribution < 1.29 is 34.8 Å². The maximum absolute atomic E-state index is 12.7.